The molecule has 0 spiro atoms. The van der Waals surface area contributed by atoms with Crippen LogP contribution in [0.25, 0.3) is 10.2 Å². The van der Waals surface area contributed by atoms with Crippen molar-refractivity contribution >= 4 is 32.6 Å². The molecule has 1 aliphatic heterocycles. The molecule has 0 saturated carbocycles. The molecule has 1 aliphatic rings. The Hall–Kier alpha value is -2.60. The van der Waals surface area contributed by atoms with Crippen molar-refractivity contribution in [2.45, 2.75) is 13.8 Å². The van der Waals surface area contributed by atoms with E-state index in [-0.39, 0.29) is 5.91 Å². The molecular weight excluding hydrogens is 358 g/mol. The molecule has 0 bridgehead atoms. The third-order valence-corrected chi connectivity index (χ3v) is 6.30. The van der Waals surface area contributed by atoms with Gasteiger partial charge in [-0.2, -0.15) is 0 Å². The molecule has 0 unspecified atom stereocenters. The van der Waals surface area contributed by atoms with Crippen molar-refractivity contribution in [1.29, 1.82) is 0 Å². The van der Waals surface area contributed by atoms with Crippen LogP contribution in [0.4, 0.5) is 5.13 Å². The first-order valence-electron chi connectivity index (χ1n) is 9.12. The Bertz CT molecular complexity index is 973. The Morgan fingerprint density at radius 1 is 1.04 bits per heavy atom. The number of aromatic nitrogens is 1. The molecule has 3 aromatic rings. The third-order valence-electron chi connectivity index (χ3n) is 5.05. The number of nitrogens with zero attached hydrogens (tertiary/aromatic N) is 3. The predicted octanol–water partition coefficient (Wildman–Crippen LogP) is 3.88. The molecule has 1 saturated heterocycles. The van der Waals surface area contributed by atoms with Crippen molar-refractivity contribution in [2.75, 3.05) is 38.2 Å². The summed E-state index contributed by atoms with van der Waals surface area (Å²) < 4.78 is 6.63. The molecule has 5 nitrogen and oxygen atoms in total. The predicted molar refractivity (Wildman–Crippen MR) is 110 cm³/mol. The second-order valence-corrected chi connectivity index (χ2v) is 7.88. The summed E-state index contributed by atoms with van der Waals surface area (Å²) in [5, 5.41) is 1.00. The van der Waals surface area contributed by atoms with E-state index in [9.17, 15) is 4.79 Å². The van der Waals surface area contributed by atoms with E-state index in [1.165, 1.54) is 10.3 Å². The number of hydrogen-bond donors (Lipinski definition) is 0. The zero-order chi connectivity index (χ0) is 19.0. The number of piperazine rings is 1. The molecule has 0 atom stereocenters. The number of fused-ring (bicyclic) bond motifs is 1. The van der Waals surface area contributed by atoms with Crippen molar-refractivity contribution in [3.8, 4) is 5.75 Å². The number of aryl methyl sites for hydroxylation is 2. The number of rotatable bonds is 3. The maximum absolute atomic E-state index is 12.7. The van der Waals surface area contributed by atoms with Crippen LogP contribution in [0.2, 0.25) is 0 Å². The Labute approximate surface area is 163 Å². The van der Waals surface area contributed by atoms with E-state index in [1.54, 1.807) is 18.4 Å². The van der Waals surface area contributed by atoms with Gasteiger partial charge in [0.15, 0.2) is 5.13 Å². The highest BCUT2D eigenvalue weighted by atomic mass is 32.1. The second kappa shape index (κ2) is 7.19. The lowest BCUT2D eigenvalue weighted by Gasteiger charge is -2.34. The fourth-order valence-corrected chi connectivity index (χ4v) is 4.48. The first-order valence-corrected chi connectivity index (χ1v) is 9.93. The van der Waals surface area contributed by atoms with Gasteiger partial charge in [-0.3, -0.25) is 4.79 Å². The van der Waals surface area contributed by atoms with Gasteiger partial charge in [-0.05, 0) is 37.6 Å². The number of hydrogen-bond acceptors (Lipinski definition) is 5. The van der Waals surface area contributed by atoms with Crippen LogP contribution in [0.15, 0.2) is 36.4 Å². The fraction of sp³-hybridized carbons (Fsp3) is 0.333. The maximum Gasteiger partial charge on any atom is 0.253 e. The van der Waals surface area contributed by atoms with Gasteiger partial charge < -0.3 is 14.5 Å². The lowest BCUT2D eigenvalue weighted by atomic mass is 10.1. The highest BCUT2D eigenvalue weighted by molar-refractivity contribution is 7.22. The molecular formula is C21H23N3O2S. The molecule has 0 radical (unpaired) electrons. The molecule has 140 valence electrons. The molecule has 0 N–H and O–H groups in total. The van der Waals surface area contributed by atoms with E-state index < -0.39 is 0 Å². The van der Waals surface area contributed by atoms with Crippen molar-refractivity contribution in [2.24, 2.45) is 0 Å². The Balaban J connectivity index is 1.49. The first kappa shape index (κ1) is 17.8. The van der Waals surface area contributed by atoms with E-state index in [0.29, 0.717) is 13.1 Å². The van der Waals surface area contributed by atoms with Gasteiger partial charge in [0.25, 0.3) is 5.91 Å². The molecule has 2 heterocycles. The number of anilines is 1. The smallest absolute Gasteiger partial charge is 0.253 e. The summed E-state index contributed by atoms with van der Waals surface area (Å²) in [6.07, 6.45) is 0. The molecule has 1 fully saturated rings. The highest BCUT2D eigenvalue weighted by Crippen LogP contribution is 2.36. The largest absolute Gasteiger partial charge is 0.494 e. The quantitative estimate of drug-likeness (QED) is 0.691. The Kier molecular flexibility index (Phi) is 4.74. The fourth-order valence-electron chi connectivity index (χ4n) is 3.38. The highest BCUT2D eigenvalue weighted by Gasteiger charge is 2.24. The number of benzene rings is 2. The first-order chi connectivity index (χ1) is 13.1. The summed E-state index contributed by atoms with van der Waals surface area (Å²) in [6.45, 7) is 7.12. The summed E-state index contributed by atoms with van der Waals surface area (Å²) >= 11 is 1.70. The number of methoxy groups -OCH3 is 1. The third kappa shape index (κ3) is 3.37. The minimum atomic E-state index is 0.108. The normalized spacial score (nSPS) is 14.6. The molecule has 0 aliphatic carbocycles. The van der Waals surface area contributed by atoms with E-state index in [0.717, 1.165) is 40.6 Å². The van der Waals surface area contributed by atoms with Gasteiger partial charge in [-0.15, -0.1) is 0 Å². The molecule has 2 aromatic carbocycles. The lowest BCUT2D eigenvalue weighted by Crippen LogP contribution is -2.48. The van der Waals surface area contributed by atoms with Crippen molar-refractivity contribution in [3.05, 3.63) is 53.1 Å². The molecule has 4 rings (SSSR count). The summed E-state index contributed by atoms with van der Waals surface area (Å²) in [7, 11) is 1.68. The Morgan fingerprint density at radius 3 is 2.41 bits per heavy atom. The van der Waals surface area contributed by atoms with Crippen molar-refractivity contribution in [1.82, 2.24) is 9.88 Å². The summed E-state index contributed by atoms with van der Waals surface area (Å²) in [5.74, 6) is 0.919. The minimum Gasteiger partial charge on any atom is -0.494 e. The second-order valence-electron chi connectivity index (χ2n) is 6.90. The summed E-state index contributed by atoms with van der Waals surface area (Å²) in [5.41, 5.74) is 4.06. The average molecular weight is 382 g/mol. The Morgan fingerprint density at radius 2 is 1.74 bits per heavy atom. The van der Waals surface area contributed by atoms with Crippen LogP contribution < -0.4 is 9.64 Å². The van der Waals surface area contributed by atoms with Crippen LogP contribution in [-0.2, 0) is 0 Å². The minimum absolute atomic E-state index is 0.108. The van der Waals surface area contributed by atoms with Crippen LogP contribution in [0, 0.1) is 13.8 Å². The monoisotopic (exact) mass is 381 g/mol. The van der Waals surface area contributed by atoms with Crippen molar-refractivity contribution in [3.63, 3.8) is 0 Å². The molecule has 27 heavy (non-hydrogen) atoms. The topological polar surface area (TPSA) is 45.7 Å². The standard InChI is InChI=1S/C21H23N3O2S/c1-14-4-7-16(8-5-14)20(25)23-10-12-24(13-11-23)21-22-18-17(26-3)9-6-15(2)19(18)27-21/h4-9H,10-13H2,1-3H3. The van der Waals surface area contributed by atoms with E-state index in [1.807, 2.05) is 42.2 Å². The lowest BCUT2D eigenvalue weighted by molar-refractivity contribution is 0.0747. The SMILES string of the molecule is COc1ccc(C)c2sc(N3CCN(C(=O)c4ccc(C)cc4)CC3)nc12. The van der Waals surface area contributed by atoms with E-state index >= 15 is 0 Å². The summed E-state index contributed by atoms with van der Waals surface area (Å²) in [6, 6.07) is 11.8. The molecule has 1 aromatic heterocycles. The van der Waals surface area contributed by atoms with E-state index in [2.05, 4.69) is 17.9 Å². The van der Waals surface area contributed by atoms with Crippen LogP contribution >= 0.6 is 11.3 Å². The number of amides is 1. The maximum atomic E-state index is 12.7. The van der Waals surface area contributed by atoms with E-state index in [4.69, 9.17) is 9.72 Å². The zero-order valence-corrected chi connectivity index (χ0v) is 16.7. The van der Waals surface area contributed by atoms with Gasteiger partial charge in [0, 0.05) is 31.7 Å². The van der Waals surface area contributed by atoms with Crippen LogP contribution in [0.1, 0.15) is 21.5 Å². The zero-order valence-electron chi connectivity index (χ0n) is 15.9. The number of thiazole rings is 1. The average Bonchev–Trinajstić information content (AvgIpc) is 3.15. The number of ether oxygens (including phenoxy) is 1. The van der Waals surface area contributed by atoms with Crippen LogP contribution in [0.3, 0.4) is 0 Å². The number of carbonyl (C=O) groups excluding carboxylic acids is 1. The van der Waals surface area contributed by atoms with Gasteiger partial charge in [-0.1, -0.05) is 35.1 Å². The van der Waals surface area contributed by atoms with Gasteiger partial charge >= 0.3 is 0 Å². The van der Waals surface area contributed by atoms with Crippen molar-refractivity contribution < 1.29 is 9.53 Å². The van der Waals surface area contributed by atoms with Gasteiger partial charge in [-0.25, -0.2) is 4.98 Å². The van der Waals surface area contributed by atoms with Crippen LogP contribution in [0.5, 0.6) is 5.75 Å². The molecule has 1 amide bonds. The molecule has 6 heteroatoms. The van der Waals surface area contributed by atoms with Crippen LogP contribution in [-0.4, -0.2) is 49.1 Å². The van der Waals surface area contributed by atoms with Gasteiger partial charge in [0.05, 0.1) is 11.8 Å². The van der Waals surface area contributed by atoms with Gasteiger partial charge in [0.2, 0.25) is 0 Å². The van der Waals surface area contributed by atoms with Gasteiger partial charge in [0.1, 0.15) is 11.3 Å². The summed E-state index contributed by atoms with van der Waals surface area (Å²) in [4.78, 5) is 21.7. The number of carbonyl (C=O) groups is 1.